The molecule has 4 rings (SSSR count). The largest absolute Gasteiger partial charge is 0.289 e. The molecule has 0 bridgehead atoms. The quantitative estimate of drug-likeness (QED) is 0.679. The van der Waals surface area contributed by atoms with E-state index in [2.05, 4.69) is 13.8 Å². The van der Waals surface area contributed by atoms with Gasteiger partial charge in [-0.3, -0.25) is 9.59 Å². The first kappa shape index (κ1) is 11.8. The number of Topliss-reactive ketones (excluding diaryl/α,β-unsaturated/α-hetero) is 2. The van der Waals surface area contributed by atoms with E-state index in [0.29, 0.717) is 24.0 Å². The van der Waals surface area contributed by atoms with E-state index in [1.807, 2.05) is 12.2 Å². The molecule has 100 valence electrons. The van der Waals surface area contributed by atoms with Gasteiger partial charge in [-0.25, -0.2) is 0 Å². The van der Waals surface area contributed by atoms with Gasteiger partial charge < -0.3 is 0 Å². The molecule has 4 aliphatic rings. The molecule has 0 aromatic heterocycles. The Morgan fingerprint density at radius 2 is 1.80 bits per heavy atom. The highest BCUT2D eigenvalue weighted by Crippen LogP contribution is 2.51. The minimum atomic E-state index is 0.0843. The van der Waals surface area contributed by atoms with Gasteiger partial charge in [0, 0.05) is 28.7 Å². The van der Waals surface area contributed by atoms with Gasteiger partial charge in [-0.05, 0) is 37.3 Å². The Bertz CT molecular complexity index is 748. The van der Waals surface area contributed by atoms with Crippen LogP contribution in [0, 0.1) is 0 Å². The zero-order chi connectivity index (χ0) is 14.0. The van der Waals surface area contributed by atoms with Crippen LogP contribution in [0.25, 0.3) is 0 Å². The first-order chi connectivity index (χ1) is 9.63. The summed E-state index contributed by atoms with van der Waals surface area (Å²) in [7, 11) is 0. The van der Waals surface area contributed by atoms with Crippen LogP contribution in [-0.2, 0) is 9.59 Å². The Hall–Kier alpha value is -1.96. The fourth-order valence-corrected chi connectivity index (χ4v) is 3.97. The van der Waals surface area contributed by atoms with Crippen molar-refractivity contribution in [2.75, 3.05) is 0 Å². The molecule has 0 spiro atoms. The second-order valence-electron chi connectivity index (χ2n) is 5.96. The van der Waals surface area contributed by atoms with Crippen molar-refractivity contribution in [3.63, 3.8) is 0 Å². The highest BCUT2D eigenvalue weighted by Gasteiger charge is 2.43. The maximum absolute atomic E-state index is 12.8. The van der Waals surface area contributed by atoms with Crippen molar-refractivity contribution in [3.8, 4) is 0 Å². The average molecular weight is 264 g/mol. The van der Waals surface area contributed by atoms with Crippen LogP contribution in [0.5, 0.6) is 0 Å². The lowest BCUT2D eigenvalue weighted by Crippen LogP contribution is -2.20. The van der Waals surface area contributed by atoms with E-state index >= 15 is 0 Å². The number of carbonyl (C=O) groups is 2. The van der Waals surface area contributed by atoms with Crippen molar-refractivity contribution in [2.24, 2.45) is 0 Å². The monoisotopic (exact) mass is 264 g/mol. The van der Waals surface area contributed by atoms with Crippen LogP contribution in [0.2, 0.25) is 0 Å². The molecule has 0 heterocycles. The number of carbonyl (C=O) groups excluding carboxylic acids is 2. The summed E-state index contributed by atoms with van der Waals surface area (Å²) < 4.78 is 0. The van der Waals surface area contributed by atoms with Crippen LogP contribution in [0.4, 0.5) is 0 Å². The first-order valence-corrected chi connectivity index (χ1v) is 7.27. The first-order valence-electron chi connectivity index (χ1n) is 7.27. The number of allylic oxidation sites excluding steroid dienone is 10. The number of fused-ring (bicyclic) bond motifs is 2. The van der Waals surface area contributed by atoms with Crippen LogP contribution in [0.1, 0.15) is 39.5 Å². The molecule has 0 aromatic carbocycles. The zero-order valence-electron chi connectivity index (χ0n) is 11.8. The third-order valence-electron chi connectivity index (χ3n) is 4.92. The van der Waals surface area contributed by atoms with Crippen molar-refractivity contribution in [2.45, 2.75) is 39.5 Å². The van der Waals surface area contributed by atoms with E-state index in [0.717, 1.165) is 29.6 Å². The third-order valence-corrected chi connectivity index (χ3v) is 4.92. The lowest BCUT2D eigenvalue weighted by atomic mass is 9.85. The van der Waals surface area contributed by atoms with Crippen LogP contribution in [0.3, 0.4) is 0 Å². The van der Waals surface area contributed by atoms with E-state index in [9.17, 15) is 9.59 Å². The van der Waals surface area contributed by atoms with Gasteiger partial charge >= 0.3 is 0 Å². The highest BCUT2D eigenvalue weighted by atomic mass is 16.1. The molecule has 0 unspecified atom stereocenters. The Labute approximate surface area is 118 Å². The SMILES string of the molecule is CCC1=C2CC3=C(C(=O)C4=C(C=CC4)C3=O)C2=C(C)C1. The third kappa shape index (κ3) is 1.24. The van der Waals surface area contributed by atoms with E-state index in [-0.39, 0.29) is 11.6 Å². The molecule has 0 aromatic rings. The summed E-state index contributed by atoms with van der Waals surface area (Å²) in [6, 6.07) is 0. The molecular weight excluding hydrogens is 248 g/mol. The number of hydrogen-bond acceptors (Lipinski definition) is 2. The minimum Gasteiger partial charge on any atom is -0.289 e. The van der Waals surface area contributed by atoms with E-state index in [1.54, 1.807) is 0 Å². The summed E-state index contributed by atoms with van der Waals surface area (Å²) in [5.74, 6) is 0.183. The molecule has 0 amide bonds. The standard InChI is InChI=1S/C18H16O2/c1-3-10-7-9(2)15-13(10)8-14-16(15)18(20)12-6-4-5-11(12)17(14)19/h4-5H,3,6-8H2,1-2H3. The van der Waals surface area contributed by atoms with Gasteiger partial charge in [0.05, 0.1) is 0 Å². The number of rotatable bonds is 1. The molecule has 0 N–H and O–H groups in total. The molecule has 0 saturated heterocycles. The summed E-state index contributed by atoms with van der Waals surface area (Å²) in [4.78, 5) is 25.4. The Kier molecular flexibility index (Phi) is 2.24. The summed E-state index contributed by atoms with van der Waals surface area (Å²) in [5.41, 5.74) is 7.87. The normalized spacial score (nSPS) is 24.3. The average Bonchev–Trinajstić information content (AvgIpc) is 3.10. The van der Waals surface area contributed by atoms with E-state index in [4.69, 9.17) is 0 Å². The minimum absolute atomic E-state index is 0.0843. The Morgan fingerprint density at radius 3 is 2.55 bits per heavy atom. The smallest absolute Gasteiger partial charge is 0.191 e. The van der Waals surface area contributed by atoms with Crippen molar-refractivity contribution in [1.29, 1.82) is 0 Å². The van der Waals surface area contributed by atoms with Crippen LogP contribution >= 0.6 is 0 Å². The molecule has 2 nitrogen and oxygen atoms in total. The Morgan fingerprint density at radius 1 is 1.00 bits per heavy atom. The van der Waals surface area contributed by atoms with Crippen LogP contribution in [-0.4, -0.2) is 11.6 Å². The molecule has 0 aliphatic heterocycles. The topological polar surface area (TPSA) is 34.1 Å². The fraction of sp³-hybridized carbons (Fsp3) is 0.333. The van der Waals surface area contributed by atoms with E-state index in [1.165, 1.54) is 16.7 Å². The lowest BCUT2D eigenvalue weighted by molar-refractivity contribution is -0.116. The van der Waals surface area contributed by atoms with Crippen molar-refractivity contribution < 1.29 is 9.59 Å². The van der Waals surface area contributed by atoms with Gasteiger partial charge in [0.2, 0.25) is 0 Å². The summed E-state index contributed by atoms with van der Waals surface area (Å²) in [6.45, 7) is 4.25. The second kappa shape index (κ2) is 3.78. The van der Waals surface area contributed by atoms with E-state index < -0.39 is 0 Å². The molecule has 0 saturated carbocycles. The predicted octanol–water partition coefficient (Wildman–Crippen LogP) is 3.52. The van der Waals surface area contributed by atoms with Crippen molar-refractivity contribution >= 4 is 11.6 Å². The Balaban J connectivity index is 1.91. The summed E-state index contributed by atoms with van der Waals surface area (Å²) in [5, 5.41) is 0. The second-order valence-corrected chi connectivity index (χ2v) is 5.96. The van der Waals surface area contributed by atoms with Gasteiger partial charge in [-0.2, -0.15) is 0 Å². The van der Waals surface area contributed by atoms with Gasteiger partial charge in [-0.1, -0.05) is 30.2 Å². The molecule has 4 aliphatic carbocycles. The molecular formula is C18H16O2. The summed E-state index contributed by atoms with van der Waals surface area (Å²) >= 11 is 0. The lowest BCUT2D eigenvalue weighted by Gasteiger charge is -2.16. The molecule has 0 atom stereocenters. The number of hydrogen-bond donors (Lipinski definition) is 0. The van der Waals surface area contributed by atoms with Gasteiger partial charge in [0.1, 0.15) is 0 Å². The van der Waals surface area contributed by atoms with Crippen molar-refractivity contribution in [1.82, 2.24) is 0 Å². The van der Waals surface area contributed by atoms with Gasteiger partial charge in [-0.15, -0.1) is 0 Å². The molecule has 0 radical (unpaired) electrons. The molecule has 0 fully saturated rings. The van der Waals surface area contributed by atoms with Crippen molar-refractivity contribution in [3.05, 3.63) is 56.7 Å². The maximum Gasteiger partial charge on any atom is 0.191 e. The van der Waals surface area contributed by atoms with Gasteiger partial charge in [0.25, 0.3) is 0 Å². The predicted molar refractivity (Wildman–Crippen MR) is 77.1 cm³/mol. The maximum atomic E-state index is 12.8. The van der Waals surface area contributed by atoms with Crippen LogP contribution in [0.15, 0.2) is 56.7 Å². The van der Waals surface area contributed by atoms with Crippen LogP contribution < -0.4 is 0 Å². The molecule has 20 heavy (non-hydrogen) atoms. The fourth-order valence-electron chi connectivity index (χ4n) is 3.97. The summed E-state index contributed by atoms with van der Waals surface area (Å²) in [6.07, 6.45) is 7.01. The zero-order valence-corrected chi connectivity index (χ0v) is 11.8. The molecule has 2 heteroatoms. The number of ketones is 2. The highest BCUT2D eigenvalue weighted by molar-refractivity contribution is 6.30. The van der Waals surface area contributed by atoms with Gasteiger partial charge in [0.15, 0.2) is 11.6 Å².